The van der Waals surface area contributed by atoms with Crippen LogP contribution in [0.5, 0.6) is 0 Å². The number of halogens is 1. The van der Waals surface area contributed by atoms with Crippen LogP contribution in [-0.4, -0.2) is 43.9 Å². The smallest absolute Gasteiger partial charge is 0.332 e. The van der Waals surface area contributed by atoms with Gasteiger partial charge in [0.2, 0.25) is 12.4 Å². The van der Waals surface area contributed by atoms with Gasteiger partial charge in [-0.2, -0.15) is 4.98 Å². The number of benzene rings is 1. The molecule has 0 unspecified atom stereocenters. The van der Waals surface area contributed by atoms with Gasteiger partial charge in [-0.3, -0.25) is 14.6 Å². The summed E-state index contributed by atoms with van der Waals surface area (Å²) in [5, 5.41) is 4.57. The molecule has 1 aromatic carbocycles. The van der Waals surface area contributed by atoms with E-state index in [0.29, 0.717) is 34.7 Å². The minimum atomic E-state index is -0.504. The number of carbonyl (C=O) groups is 2. The summed E-state index contributed by atoms with van der Waals surface area (Å²) in [7, 11) is 3.42. The Morgan fingerprint density at radius 1 is 1.28 bits per heavy atom. The largest absolute Gasteiger partial charge is 0.357 e. The first-order valence-electron chi connectivity index (χ1n) is 9.86. The molecule has 0 saturated heterocycles. The van der Waals surface area contributed by atoms with Crippen LogP contribution in [0, 0.1) is 6.92 Å². The molecule has 10 heteroatoms. The van der Waals surface area contributed by atoms with Gasteiger partial charge in [-0.1, -0.05) is 23.7 Å². The van der Waals surface area contributed by atoms with Crippen LogP contribution >= 0.6 is 11.6 Å². The number of amides is 3. The summed E-state index contributed by atoms with van der Waals surface area (Å²) in [6, 6.07) is 12.3. The van der Waals surface area contributed by atoms with Crippen molar-refractivity contribution in [1.29, 1.82) is 0 Å². The fraction of sp³-hybridized carbons (Fsp3) is 0.182. The Bertz CT molecular complexity index is 1280. The lowest BCUT2D eigenvalue weighted by molar-refractivity contribution is -0.116. The summed E-state index contributed by atoms with van der Waals surface area (Å²) in [5.41, 5.74) is 2.28. The summed E-state index contributed by atoms with van der Waals surface area (Å²) in [6.45, 7) is 1.92. The van der Waals surface area contributed by atoms with E-state index in [1.54, 1.807) is 19.3 Å². The highest BCUT2D eigenvalue weighted by atomic mass is 35.5. The van der Waals surface area contributed by atoms with Gasteiger partial charge in [-0.05, 0) is 37.3 Å². The van der Waals surface area contributed by atoms with Gasteiger partial charge in [0.1, 0.15) is 5.82 Å². The topological polar surface area (TPSA) is 99.2 Å². The molecule has 164 valence electrons. The van der Waals surface area contributed by atoms with Gasteiger partial charge < -0.3 is 14.9 Å². The molecular weight excluding hydrogens is 430 g/mol. The molecule has 0 spiro atoms. The van der Waals surface area contributed by atoms with Crippen LogP contribution in [0.4, 0.5) is 22.4 Å². The monoisotopic (exact) mass is 451 g/mol. The fourth-order valence-electron chi connectivity index (χ4n) is 3.42. The average Bonchev–Trinajstić information content (AvgIpc) is 3.34. The number of carbonyl (C=O) groups excluding carboxylic acids is 2. The van der Waals surface area contributed by atoms with Crippen LogP contribution in [0.15, 0.2) is 48.7 Å². The Morgan fingerprint density at radius 3 is 2.78 bits per heavy atom. The number of imidazole rings is 1. The molecule has 0 radical (unpaired) electrons. The maximum atomic E-state index is 13.1. The second kappa shape index (κ2) is 8.72. The zero-order valence-corrected chi connectivity index (χ0v) is 18.6. The lowest BCUT2D eigenvalue weighted by Gasteiger charge is -2.22. The van der Waals surface area contributed by atoms with E-state index in [1.165, 1.54) is 4.90 Å². The second-order valence-electron chi connectivity index (χ2n) is 7.31. The molecule has 9 nitrogen and oxygen atoms in total. The number of H-pyrrole nitrogens is 1. The molecular formula is C22H22ClN7O2. The van der Waals surface area contributed by atoms with Crippen molar-refractivity contribution in [2.75, 3.05) is 17.3 Å². The quantitative estimate of drug-likeness (QED) is 0.428. The summed E-state index contributed by atoms with van der Waals surface area (Å²) in [5.74, 6) is 1.59. The minimum absolute atomic E-state index is 0.0720. The van der Waals surface area contributed by atoms with E-state index < -0.39 is 6.03 Å². The Kier molecular flexibility index (Phi) is 5.83. The molecule has 32 heavy (non-hydrogen) atoms. The van der Waals surface area contributed by atoms with Crippen molar-refractivity contribution >= 4 is 52.5 Å². The number of anilines is 3. The molecule has 4 aromatic rings. The molecule has 0 aliphatic heterocycles. The first-order valence-corrected chi connectivity index (χ1v) is 10.2. The minimum Gasteiger partial charge on any atom is -0.357 e. The van der Waals surface area contributed by atoms with Crippen molar-refractivity contribution in [3.05, 3.63) is 65.1 Å². The van der Waals surface area contributed by atoms with Crippen molar-refractivity contribution in [1.82, 2.24) is 24.4 Å². The van der Waals surface area contributed by atoms with E-state index in [2.05, 4.69) is 20.3 Å². The van der Waals surface area contributed by atoms with Crippen LogP contribution in [0.3, 0.4) is 0 Å². The Hall–Kier alpha value is -3.85. The van der Waals surface area contributed by atoms with Gasteiger partial charge in [0.15, 0.2) is 5.82 Å². The van der Waals surface area contributed by atoms with E-state index >= 15 is 0 Å². The normalized spacial score (nSPS) is 10.9. The summed E-state index contributed by atoms with van der Waals surface area (Å²) in [4.78, 5) is 39.3. The standard InChI is InChI=1S/C22H22ClN7O2/c1-14-20(27-21(28(14)2)26-19-9-4-5-10-24-19)29(3)22(32)30(13-31)12-15-11-16-17(23)7-6-8-18(16)25-15/h4-11,13,25H,12H2,1-3H3,(H,24,26,27). The van der Waals surface area contributed by atoms with Gasteiger partial charge in [0.05, 0.1) is 12.2 Å². The van der Waals surface area contributed by atoms with E-state index in [-0.39, 0.29) is 6.54 Å². The zero-order valence-electron chi connectivity index (χ0n) is 17.8. The third-order valence-corrected chi connectivity index (χ3v) is 5.58. The van der Waals surface area contributed by atoms with Crippen LogP contribution in [0.1, 0.15) is 11.4 Å². The summed E-state index contributed by atoms with van der Waals surface area (Å²) >= 11 is 6.23. The summed E-state index contributed by atoms with van der Waals surface area (Å²) in [6.07, 6.45) is 2.19. The van der Waals surface area contributed by atoms with Gasteiger partial charge in [-0.25, -0.2) is 9.78 Å². The van der Waals surface area contributed by atoms with E-state index in [9.17, 15) is 9.59 Å². The van der Waals surface area contributed by atoms with Crippen LogP contribution < -0.4 is 10.2 Å². The zero-order chi connectivity index (χ0) is 22.8. The summed E-state index contributed by atoms with van der Waals surface area (Å²) < 4.78 is 1.82. The number of urea groups is 1. The molecule has 2 N–H and O–H groups in total. The third-order valence-electron chi connectivity index (χ3n) is 5.25. The first-order chi connectivity index (χ1) is 15.4. The van der Waals surface area contributed by atoms with Crippen molar-refractivity contribution in [2.24, 2.45) is 7.05 Å². The molecule has 0 bridgehead atoms. The van der Waals surface area contributed by atoms with Gasteiger partial charge >= 0.3 is 6.03 Å². The Morgan fingerprint density at radius 2 is 2.09 bits per heavy atom. The first kappa shape index (κ1) is 21.4. The Labute approximate surface area is 189 Å². The van der Waals surface area contributed by atoms with Crippen LogP contribution in [-0.2, 0) is 18.4 Å². The number of hydrogen-bond donors (Lipinski definition) is 2. The second-order valence-corrected chi connectivity index (χ2v) is 7.72. The number of aromatic nitrogens is 4. The highest BCUT2D eigenvalue weighted by Crippen LogP contribution is 2.26. The maximum Gasteiger partial charge on any atom is 0.332 e. The van der Waals surface area contributed by atoms with Gasteiger partial charge in [0.25, 0.3) is 0 Å². The Balaban J connectivity index is 1.55. The van der Waals surface area contributed by atoms with E-state index in [1.807, 2.05) is 54.9 Å². The molecule has 0 aliphatic rings. The fourth-order valence-corrected chi connectivity index (χ4v) is 3.65. The van der Waals surface area contributed by atoms with E-state index in [0.717, 1.165) is 21.5 Å². The number of aromatic amines is 1. The highest BCUT2D eigenvalue weighted by molar-refractivity contribution is 6.35. The lowest BCUT2D eigenvalue weighted by Crippen LogP contribution is -2.40. The predicted molar refractivity (Wildman–Crippen MR) is 124 cm³/mol. The lowest BCUT2D eigenvalue weighted by atomic mass is 10.2. The van der Waals surface area contributed by atoms with Crippen molar-refractivity contribution in [2.45, 2.75) is 13.5 Å². The number of nitrogens with one attached hydrogen (secondary N) is 2. The maximum absolute atomic E-state index is 13.1. The number of hydrogen-bond acceptors (Lipinski definition) is 5. The molecule has 3 aromatic heterocycles. The molecule has 3 amide bonds. The van der Waals surface area contributed by atoms with Gasteiger partial charge in [0, 0.05) is 41.9 Å². The molecule has 0 atom stereocenters. The SMILES string of the molecule is Cc1c(N(C)C(=O)N(C=O)Cc2cc3c(Cl)cccc3[nH]2)nc(Nc2ccccn2)n1C. The molecule has 0 saturated carbocycles. The van der Waals surface area contributed by atoms with Crippen molar-refractivity contribution < 1.29 is 9.59 Å². The number of rotatable bonds is 6. The molecule has 0 aliphatic carbocycles. The van der Waals surface area contributed by atoms with Crippen molar-refractivity contribution in [3.63, 3.8) is 0 Å². The molecule has 0 fully saturated rings. The number of fused-ring (bicyclic) bond motifs is 1. The van der Waals surface area contributed by atoms with Crippen molar-refractivity contribution in [3.8, 4) is 0 Å². The predicted octanol–water partition coefficient (Wildman–Crippen LogP) is 4.22. The highest BCUT2D eigenvalue weighted by Gasteiger charge is 2.25. The molecule has 4 rings (SSSR count). The van der Waals surface area contributed by atoms with Gasteiger partial charge in [-0.15, -0.1) is 0 Å². The van der Waals surface area contributed by atoms with E-state index in [4.69, 9.17) is 11.6 Å². The third kappa shape index (κ3) is 4.02. The molecule has 3 heterocycles. The number of nitrogens with zero attached hydrogens (tertiary/aromatic N) is 5. The van der Waals surface area contributed by atoms with Crippen LogP contribution in [0.2, 0.25) is 5.02 Å². The van der Waals surface area contributed by atoms with Crippen LogP contribution in [0.25, 0.3) is 10.9 Å². The number of imide groups is 1. The number of pyridine rings is 1. The average molecular weight is 452 g/mol.